The van der Waals surface area contributed by atoms with Gasteiger partial charge in [-0.1, -0.05) is 19.1 Å². The Labute approximate surface area is 83.9 Å². The molecule has 1 unspecified atom stereocenters. The second-order valence-corrected chi connectivity index (χ2v) is 3.85. The number of benzene rings is 1. The van der Waals surface area contributed by atoms with E-state index in [-0.39, 0.29) is 17.5 Å². The van der Waals surface area contributed by atoms with Crippen LogP contribution >= 0.6 is 0 Å². The Morgan fingerprint density at radius 2 is 2.21 bits per heavy atom. The van der Waals surface area contributed by atoms with Crippen molar-refractivity contribution >= 4 is 5.78 Å². The van der Waals surface area contributed by atoms with Gasteiger partial charge in [0.1, 0.15) is 11.6 Å². The predicted octanol–water partition coefficient (Wildman–Crippen LogP) is 2.98. The third kappa shape index (κ3) is 3.69. The Morgan fingerprint density at radius 1 is 1.50 bits per heavy atom. The van der Waals surface area contributed by atoms with Crippen LogP contribution in [0.2, 0.25) is 0 Å². The van der Waals surface area contributed by atoms with Gasteiger partial charge < -0.3 is 4.79 Å². The molecule has 0 amide bonds. The van der Waals surface area contributed by atoms with E-state index in [1.54, 1.807) is 13.0 Å². The van der Waals surface area contributed by atoms with Gasteiger partial charge in [-0.3, -0.25) is 0 Å². The van der Waals surface area contributed by atoms with Crippen molar-refractivity contribution in [2.75, 3.05) is 0 Å². The maximum absolute atomic E-state index is 12.8. The first-order valence-electron chi connectivity index (χ1n) is 4.82. The summed E-state index contributed by atoms with van der Waals surface area (Å²) < 4.78 is 12.8. The molecule has 0 heterocycles. The van der Waals surface area contributed by atoms with E-state index in [1.165, 1.54) is 12.1 Å². The van der Waals surface area contributed by atoms with E-state index in [2.05, 4.69) is 0 Å². The fraction of sp³-hybridized carbons (Fsp3) is 0.417. The van der Waals surface area contributed by atoms with Crippen LogP contribution in [0.3, 0.4) is 0 Å². The van der Waals surface area contributed by atoms with Crippen LogP contribution in [0.25, 0.3) is 0 Å². The summed E-state index contributed by atoms with van der Waals surface area (Å²) in [5.74, 6) is 0.265. The Kier molecular flexibility index (Phi) is 3.81. The highest BCUT2D eigenvalue weighted by molar-refractivity contribution is 5.75. The molecule has 1 atom stereocenters. The van der Waals surface area contributed by atoms with Gasteiger partial charge in [-0.05, 0) is 37.0 Å². The van der Waals surface area contributed by atoms with Crippen LogP contribution in [0.5, 0.6) is 0 Å². The maximum Gasteiger partial charge on any atom is 0.130 e. The summed E-state index contributed by atoms with van der Waals surface area (Å²) in [6, 6.07) is 6.54. The molecule has 14 heavy (non-hydrogen) atoms. The van der Waals surface area contributed by atoms with Gasteiger partial charge in [0.15, 0.2) is 0 Å². The quantitative estimate of drug-likeness (QED) is 0.720. The van der Waals surface area contributed by atoms with Gasteiger partial charge in [0.05, 0.1) is 0 Å². The molecule has 0 bridgehead atoms. The molecule has 0 saturated carbocycles. The molecule has 0 aromatic heterocycles. The number of ketones is 1. The van der Waals surface area contributed by atoms with E-state index in [0.29, 0.717) is 6.42 Å². The summed E-state index contributed by atoms with van der Waals surface area (Å²) in [7, 11) is 0. The van der Waals surface area contributed by atoms with Crippen molar-refractivity contribution < 1.29 is 9.18 Å². The molecule has 0 radical (unpaired) electrons. The van der Waals surface area contributed by atoms with Crippen LogP contribution in [0.1, 0.15) is 25.8 Å². The zero-order valence-corrected chi connectivity index (χ0v) is 8.59. The highest BCUT2D eigenvalue weighted by Crippen LogP contribution is 2.13. The average molecular weight is 194 g/mol. The topological polar surface area (TPSA) is 17.1 Å². The zero-order valence-electron chi connectivity index (χ0n) is 8.59. The van der Waals surface area contributed by atoms with Crippen molar-refractivity contribution in [3.63, 3.8) is 0 Å². The smallest absolute Gasteiger partial charge is 0.130 e. The summed E-state index contributed by atoms with van der Waals surface area (Å²) in [5, 5.41) is 0. The minimum atomic E-state index is -0.211. The number of rotatable bonds is 4. The van der Waals surface area contributed by atoms with Gasteiger partial charge in [-0.15, -0.1) is 0 Å². The first-order chi connectivity index (χ1) is 6.58. The minimum absolute atomic E-state index is 0.189. The molecule has 0 aliphatic rings. The molecule has 0 aliphatic carbocycles. The largest absolute Gasteiger partial charge is 0.300 e. The molecule has 2 heteroatoms. The predicted molar refractivity (Wildman–Crippen MR) is 54.6 cm³/mol. The maximum atomic E-state index is 12.8. The van der Waals surface area contributed by atoms with Gasteiger partial charge in [-0.2, -0.15) is 0 Å². The molecule has 1 aromatic carbocycles. The van der Waals surface area contributed by atoms with Crippen LogP contribution in [0, 0.1) is 11.7 Å². The Bertz CT molecular complexity index is 320. The van der Waals surface area contributed by atoms with Crippen LogP contribution in [0.4, 0.5) is 4.39 Å². The molecular formula is C12H15FO. The monoisotopic (exact) mass is 194 g/mol. The highest BCUT2D eigenvalue weighted by Gasteiger charge is 2.06. The van der Waals surface area contributed by atoms with Gasteiger partial charge in [0.2, 0.25) is 0 Å². The first-order valence-corrected chi connectivity index (χ1v) is 4.82. The van der Waals surface area contributed by atoms with E-state index >= 15 is 0 Å². The summed E-state index contributed by atoms with van der Waals surface area (Å²) in [4.78, 5) is 10.8. The summed E-state index contributed by atoms with van der Waals surface area (Å²) in [5.41, 5.74) is 0.957. The van der Waals surface area contributed by atoms with Gasteiger partial charge in [-0.25, -0.2) is 4.39 Å². The molecule has 76 valence electrons. The molecular weight excluding hydrogens is 179 g/mol. The van der Waals surface area contributed by atoms with E-state index in [0.717, 1.165) is 12.0 Å². The van der Waals surface area contributed by atoms with Crippen molar-refractivity contribution in [3.8, 4) is 0 Å². The van der Waals surface area contributed by atoms with E-state index < -0.39 is 0 Å². The Morgan fingerprint density at radius 3 is 2.79 bits per heavy atom. The number of halogens is 1. The molecule has 1 nitrogen and oxygen atoms in total. The van der Waals surface area contributed by atoms with Gasteiger partial charge in [0, 0.05) is 6.42 Å². The zero-order chi connectivity index (χ0) is 10.6. The van der Waals surface area contributed by atoms with Crippen molar-refractivity contribution in [1.29, 1.82) is 0 Å². The lowest BCUT2D eigenvalue weighted by Crippen LogP contribution is -2.05. The van der Waals surface area contributed by atoms with Crippen molar-refractivity contribution in [2.24, 2.45) is 5.92 Å². The summed E-state index contributed by atoms with van der Waals surface area (Å²) in [6.07, 6.45) is 1.33. The average Bonchev–Trinajstić information content (AvgIpc) is 2.01. The second-order valence-electron chi connectivity index (χ2n) is 3.85. The number of hydrogen-bond donors (Lipinski definition) is 0. The summed E-state index contributed by atoms with van der Waals surface area (Å²) in [6.45, 7) is 3.59. The highest BCUT2D eigenvalue weighted by atomic mass is 19.1. The Hall–Kier alpha value is -1.18. The van der Waals surface area contributed by atoms with E-state index in [9.17, 15) is 9.18 Å². The van der Waals surface area contributed by atoms with Crippen LogP contribution in [0.15, 0.2) is 24.3 Å². The van der Waals surface area contributed by atoms with Crippen LogP contribution in [-0.2, 0) is 11.2 Å². The SMILES string of the molecule is CC(=O)CC(C)Cc1cccc(F)c1. The van der Waals surface area contributed by atoms with Gasteiger partial charge >= 0.3 is 0 Å². The van der Waals surface area contributed by atoms with Crippen LogP contribution < -0.4 is 0 Å². The first kappa shape index (κ1) is 10.9. The fourth-order valence-corrected chi connectivity index (χ4v) is 1.63. The van der Waals surface area contributed by atoms with Crippen LogP contribution in [-0.4, -0.2) is 5.78 Å². The lowest BCUT2D eigenvalue weighted by atomic mass is 9.96. The number of carbonyl (C=O) groups is 1. The van der Waals surface area contributed by atoms with E-state index in [1.807, 2.05) is 13.0 Å². The third-order valence-electron chi connectivity index (χ3n) is 2.11. The minimum Gasteiger partial charge on any atom is -0.300 e. The third-order valence-corrected chi connectivity index (χ3v) is 2.11. The normalized spacial score (nSPS) is 12.5. The lowest BCUT2D eigenvalue weighted by Gasteiger charge is -2.08. The number of hydrogen-bond acceptors (Lipinski definition) is 1. The standard InChI is InChI=1S/C12H15FO/c1-9(6-10(2)14)7-11-4-3-5-12(13)8-11/h3-5,8-9H,6-7H2,1-2H3. The molecule has 1 rings (SSSR count). The molecule has 0 aliphatic heterocycles. The van der Waals surface area contributed by atoms with Crippen molar-refractivity contribution in [1.82, 2.24) is 0 Å². The Balaban J connectivity index is 2.55. The van der Waals surface area contributed by atoms with Crippen molar-refractivity contribution in [3.05, 3.63) is 35.6 Å². The second kappa shape index (κ2) is 4.89. The number of Topliss-reactive ketones (excluding diaryl/α,β-unsaturated/α-hetero) is 1. The van der Waals surface area contributed by atoms with E-state index in [4.69, 9.17) is 0 Å². The molecule has 0 spiro atoms. The lowest BCUT2D eigenvalue weighted by molar-refractivity contribution is -0.117. The molecule has 1 aromatic rings. The molecule has 0 N–H and O–H groups in total. The molecule has 0 saturated heterocycles. The fourth-order valence-electron chi connectivity index (χ4n) is 1.63. The van der Waals surface area contributed by atoms with Gasteiger partial charge in [0.25, 0.3) is 0 Å². The van der Waals surface area contributed by atoms with Crippen molar-refractivity contribution in [2.45, 2.75) is 26.7 Å². The molecule has 0 fully saturated rings. The summed E-state index contributed by atoms with van der Waals surface area (Å²) >= 11 is 0. The number of carbonyl (C=O) groups excluding carboxylic acids is 1.